The maximum absolute atomic E-state index is 12.3. The second-order valence-electron chi connectivity index (χ2n) is 6.59. The summed E-state index contributed by atoms with van der Waals surface area (Å²) in [4.78, 5) is 27.7. The van der Waals surface area contributed by atoms with E-state index in [1.807, 2.05) is 54.1 Å². The van der Waals surface area contributed by atoms with E-state index in [4.69, 9.17) is 4.74 Å². The van der Waals surface area contributed by atoms with Crippen molar-refractivity contribution >= 4 is 23.8 Å². The maximum Gasteiger partial charge on any atom is 0.330 e. The van der Waals surface area contributed by atoms with Crippen LogP contribution in [0.1, 0.15) is 31.0 Å². The maximum atomic E-state index is 12.3. The van der Waals surface area contributed by atoms with Crippen molar-refractivity contribution in [3.63, 3.8) is 0 Å². The summed E-state index contributed by atoms with van der Waals surface area (Å²) >= 11 is 0. The summed E-state index contributed by atoms with van der Waals surface area (Å²) in [6.45, 7) is 4.03. The number of urea groups is 1. The zero-order chi connectivity index (χ0) is 21.3. The van der Waals surface area contributed by atoms with E-state index in [2.05, 4.69) is 15.6 Å². The highest BCUT2D eigenvalue weighted by atomic mass is 16.5. The van der Waals surface area contributed by atoms with Crippen molar-refractivity contribution in [2.75, 3.05) is 11.9 Å². The molecule has 0 aliphatic carbocycles. The Morgan fingerprint density at radius 2 is 1.87 bits per heavy atom. The van der Waals surface area contributed by atoms with Crippen molar-refractivity contribution in [1.29, 1.82) is 0 Å². The second-order valence-corrected chi connectivity index (χ2v) is 6.59. The zero-order valence-corrected chi connectivity index (χ0v) is 16.9. The Morgan fingerprint density at radius 1 is 1.13 bits per heavy atom. The van der Waals surface area contributed by atoms with Crippen LogP contribution in [0.4, 0.5) is 10.5 Å². The van der Waals surface area contributed by atoms with Gasteiger partial charge in [-0.2, -0.15) is 0 Å². The molecular weight excluding hydrogens is 380 g/mol. The molecule has 0 spiro atoms. The number of carbonyl (C=O) groups is 2. The molecule has 7 heteroatoms. The van der Waals surface area contributed by atoms with Crippen LogP contribution in [0, 0.1) is 0 Å². The summed E-state index contributed by atoms with van der Waals surface area (Å²) in [6.07, 6.45) is 8.38. The number of nitrogens with one attached hydrogen (secondary N) is 2. The Balaban J connectivity index is 1.53. The zero-order valence-electron chi connectivity index (χ0n) is 16.9. The number of aromatic nitrogens is 2. The summed E-state index contributed by atoms with van der Waals surface area (Å²) < 4.78 is 6.76. The van der Waals surface area contributed by atoms with Crippen LogP contribution in [0.25, 0.3) is 11.8 Å². The number of amides is 2. The largest absolute Gasteiger partial charge is 0.463 e. The van der Waals surface area contributed by atoms with E-state index in [1.165, 1.54) is 6.08 Å². The minimum absolute atomic E-state index is 0.159. The van der Waals surface area contributed by atoms with Gasteiger partial charge in [-0.1, -0.05) is 24.3 Å². The summed E-state index contributed by atoms with van der Waals surface area (Å²) in [5.41, 5.74) is 3.49. The number of imidazole rings is 1. The minimum atomic E-state index is -0.383. The van der Waals surface area contributed by atoms with Gasteiger partial charge in [0.2, 0.25) is 0 Å². The van der Waals surface area contributed by atoms with Gasteiger partial charge in [0, 0.05) is 29.8 Å². The molecule has 3 rings (SSSR count). The standard InChI is InChI=1S/C23H24N4O3/c1-3-30-22(28)13-6-18-4-9-20(10-5-18)26-23(29)25-17(2)19-7-11-21(12-8-19)27-15-14-24-16-27/h4-17H,3H2,1-2H3,(H2,25,26,29). The van der Waals surface area contributed by atoms with Gasteiger partial charge in [0.15, 0.2) is 0 Å². The molecule has 0 radical (unpaired) electrons. The highest BCUT2D eigenvalue weighted by molar-refractivity contribution is 5.90. The number of esters is 1. The Morgan fingerprint density at radius 3 is 2.50 bits per heavy atom. The fourth-order valence-corrected chi connectivity index (χ4v) is 2.83. The van der Waals surface area contributed by atoms with E-state index in [9.17, 15) is 9.59 Å². The van der Waals surface area contributed by atoms with Crippen molar-refractivity contribution in [2.45, 2.75) is 19.9 Å². The lowest BCUT2D eigenvalue weighted by molar-refractivity contribution is -0.137. The molecule has 1 heterocycles. The molecule has 0 fully saturated rings. The predicted molar refractivity (Wildman–Crippen MR) is 116 cm³/mol. The van der Waals surface area contributed by atoms with E-state index in [0.29, 0.717) is 12.3 Å². The van der Waals surface area contributed by atoms with E-state index in [0.717, 1.165) is 16.8 Å². The van der Waals surface area contributed by atoms with Crippen LogP contribution in [-0.4, -0.2) is 28.2 Å². The Labute approximate surface area is 175 Å². The van der Waals surface area contributed by atoms with Crippen molar-refractivity contribution in [1.82, 2.24) is 14.9 Å². The van der Waals surface area contributed by atoms with Gasteiger partial charge in [-0.05, 0) is 55.3 Å². The number of hydrogen-bond acceptors (Lipinski definition) is 4. The summed E-state index contributed by atoms with van der Waals surface area (Å²) in [5, 5.41) is 5.73. The quantitative estimate of drug-likeness (QED) is 0.453. The average molecular weight is 404 g/mol. The number of hydrogen-bond donors (Lipinski definition) is 2. The molecule has 154 valence electrons. The van der Waals surface area contributed by atoms with E-state index in [1.54, 1.807) is 37.7 Å². The highest BCUT2D eigenvalue weighted by Gasteiger charge is 2.10. The van der Waals surface area contributed by atoms with Crippen LogP contribution in [-0.2, 0) is 9.53 Å². The van der Waals surface area contributed by atoms with Gasteiger partial charge in [0.25, 0.3) is 0 Å². The van der Waals surface area contributed by atoms with E-state index >= 15 is 0 Å². The lowest BCUT2D eigenvalue weighted by Crippen LogP contribution is -2.31. The summed E-state index contributed by atoms with van der Waals surface area (Å²) in [6, 6.07) is 14.6. The number of rotatable bonds is 7. The van der Waals surface area contributed by atoms with Gasteiger partial charge < -0.3 is 19.9 Å². The van der Waals surface area contributed by atoms with Gasteiger partial charge in [-0.3, -0.25) is 0 Å². The first kappa shape index (κ1) is 20.9. The first-order valence-electron chi connectivity index (χ1n) is 9.66. The third-order valence-electron chi connectivity index (χ3n) is 4.41. The van der Waals surface area contributed by atoms with Crippen LogP contribution in [0.5, 0.6) is 0 Å². The third-order valence-corrected chi connectivity index (χ3v) is 4.41. The average Bonchev–Trinajstić information content (AvgIpc) is 3.28. The molecule has 1 unspecified atom stereocenters. The van der Waals surface area contributed by atoms with Crippen molar-refractivity contribution in [3.05, 3.63) is 84.5 Å². The van der Waals surface area contributed by atoms with Crippen molar-refractivity contribution in [3.8, 4) is 5.69 Å². The molecular formula is C23H24N4O3. The molecule has 2 N–H and O–H groups in total. The third kappa shape index (κ3) is 5.81. The molecule has 2 aromatic carbocycles. The topological polar surface area (TPSA) is 85.2 Å². The van der Waals surface area contributed by atoms with Crippen molar-refractivity contribution in [2.24, 2.45) is 0 Å². The van der Waals surface area contributed by atoms with Crippen LogP contribution in [0.3, 0.4) is 0 Å². The number of nitrogens with zero attached hydrogens (tertiary/aromatic N) is 2. The van der Waals surface area contributed by atoms with E-state index in [-0.39, 0.29) is 18.0 Å². The summed E-state index contributed by atoms with van der Waals surface area (Å²) in [5.74, 6) is -0.383. The fourth-order valence-electron chi connectivity index (χ4n) is 2.83. The number of benzene rings is 2. The summed E-state index contributed by atoms with van der Waals surface area (Å²) in [7, 11) is 0. The van der Waals surface area contributed by atoms with Crippen molar-refractivity contribution < 1.29 is 14.3 Å². The molecule has 7 nitrogen and oxygen atoms in total. The molecule has 0 bridgehead atoms. The number of anilines is 1. The Bertz CT molecular complexity index is 994. The van der Waals surface area contributed by atoms with Gasteiger partial charge in [0.1, 0.15) is 0 Å². The lowest BCUT2D eigenvalue weighted by atomic mass is 10.1. The van der Waals surface area contributed by atoms with Crippen LogP contribution in [0.15, 0.2) is 73.3 Å². The highest BCUT2D eigenvalue weighted by Crippen LogP contribution is 2.16. The SMILES string of the molecule is CCOC(=O)C=Cc1ccc(NC(=O)NC(C)c2ccc(-n3ccnc3)cc2)cc1. The second kappa shape index (κ2) is 10.1. The monoisotopic (exact) mass is 404 g/mol. The predicted octanol–water partition coefficient (Wildman–Crippen LogP) is 4.33. The number of ether oxygens (including phenoxy) is 1. The molecule has 3 aromatic rings. The van der Waals surface area contributed by atoms with Gasteiger partial charge in [-0.15, -0.1) is 0 Å². The lowest BCUT2D eigenvalue weighted by Gasteiger charge is -2.16. The van der Waals surface area contributed by atoms with Crippen LogP contribution in [0.2, 0.25) is 0 Å². The molecule has 2 amide bonds. The first-order valence-corrected chi connectivity index (χ1v) is 9.66. The minimum Gasteiger partial charge on any atom is -0.463 e. The fraction of sp³-hybridized carbons (Fsp3) is 0.174. The molecule has 1 atom stereocenters. The smallest absolute Gasteiger partial charge is 0.330 e. The van der Waals surface area contributed by atoms with Crippen LogP contribution < -0.4 is 10.6 Å². The number of carbonyl (C=O) groups excluding carboxylic acids is 2. The van der Waals surface area contributed by atoms with Gasteiger partial charge in [-0.25, -0.2) is 14.6 Å². The Hall–Kier alpha value is -3.87. The molecule has 0 aliphatic heterocycles. The molecule has 30 heavy (non-hydrogen) atoms. The van der Waals surface area contributed by atoms with Gasteiger partial charge in [0.05, 0.1) is 19.0 Å². The molecule has 0 saturated carbocycles. The Kier molecular flexibility index (Phi) is 7.00. The molecule has 0 saturated heterocycles. The van der Waals surface area contributed by atoms with Crippen LogP contribution >= 0.6 is 0 Å². The molecule has 0 aliphatic rings. The normalized spacial score (nSPS) is 11.8. The first-order chi connectivity index (χ1) is 14.5. The van der Waals surface area contributed by atoms with Gasteiger partial charge >= 0.3 is 12.0 Å². The van der Waals surface area contributed by atoms with E-state index < -0.39 is 0 Å². The molecule has 1 aromatic heterocycles.